The first-order chi connectivity index (χ1) is 15.3. The Morgan fingerprint density at radius 1 is 1.25 bits per heavy atom. The number of nitrogens with one attached hydrogen (secondary N) is 1. The van der Waals surface area contributed by atoms with Crippen molar-refractivity contribution in [1.29, 1.82) is 0 Å². The molecular formula is C24H28ClNO6. The van der Waals surface area contributed by atoms with Crippen LogP contribution in [0, 0.1) is 11.8 Å². The van der Waals surface area contributed by atoms with Crippen LogP contribution in [0.1, 0.15) is 38.7 Å². The molecule has 1 N–H and O–H groups in total. The number of hydrogen-bond donors (Lipinski definition) is 1. The van der Waals surface area contributed by atoms with Crippen LogP contribution in [0.3, 0.4) is 0 Å². The van der Waals surface area contributed by atoms with Gasteiger partial charge in [-0.1, -0.05) is 30.7 Å². The highest BCUT2D eigenvalue weighted by molar-refractivity contribution is 6.30. The van der Waals surface area contributed by atoms with E-state index in [-0.39, 0.29) is 24.9 Å². The molecule has 0 saturated carbocycles. The molecule has 3 unspecified atom stereocenters. The van der Waals surface area contributed by atoms with Crippen molar-refractivity contribution in [3.63, 3.8) is 0 Å². The normalized spacial score (nSPS) is 22.9. The molecular weight excluding hydrogens is 434 g/mol. The molecule has 0 radical (unpaired) electrons. The van der Waals surface area contributed by atoms with Crippen molar-refractivity contribution >= 4 is 29.3 Å². The first kappa shape index (κ1) is 24.0. The summed E-state index contributed by atoms with van der Waals surface area (Å²) in [5.41, 5.74) is 2.67. The van der Waals surface area contributed by atoms with Gasteiger partial charge < -0.3 is 19.5 Å². The van der Waals surface area contributed by atoms with E-state index in [0.717, 1.165) is 0 Å². The standard InChI is InChI=1S/C24H28ClNO6/c1-5-31-9-10-32-24(29)19-14(3)26-17-11-13(2)18(23(28)30-4)22(27)21(17)20(19)15-7-6-8-16(25)12-15/h6-8,12-13,18,20,26H,5,9-11H2,1-4H3. The predicted octanol–water partition coefficient (Wildman–Crippen LogP) is 3.53. The van der Waals surface area contributed by atoms with Gasteiger partial charge in [0.2, 0.25) is 0 Å². The molecule has 8 heteroatoms. The molecule has 0 aromatic heterocycles. The number of dihydropyridines is 1. The third-order valence-corrected chi connectivity index (χ3v) is 6.05. The number of benzene rings is 1. The average Bonchev–Trinajstić information content (AvgIpc) is 2.75. The summed E-state index contributed by atoms with van der Waals surface area (Å²) < 4.78 is 15.6. The second-order valence-electron chi connectivity index (χ2n) is 7.92. The van der Waals surface area contributed by atoms with Crippen LogP contribution in [0.4, 0.5) is 0 Å². The van der Waals surface area contributed by atoms with Crippen molar-refractivity contribution in [1.82, 2.24) is 5.32 Å². The van der Waals surface area contributed by atoms with Crippen molar-refractivity contribution in [2.75, 3.05) is 26.9 Å². The Kier molecular flexibility index (Phi) is 7.74. The third kappa shape index (κ3) is 4.74. The number of allylic oxidation sites excluding steroid dienone is 3. The van der Waals surface area contributed by atoms with Gasteiger partial charge in [-0.3, -0.25) is 9.59 Å². The van der Waals surface area contributed by atoms with Gasteiger partial charge in [-0.25, -0.2) is 4.79 Å². The minimum atomic E-state index is -0.934. The number of methoxy groups -OCH3 is 1. The first-order valence-corrected chi connectivity index (χ1v) is 11.0. The maximum absolute atomic E-state index is 13.6. The Bertz CT molecular complexity index is 982. The SMILES string of the molecule is CCOCCOC(=O)C1=C(C)NC2=C(C(=O)C(C(=O)OC)C(C)C2)C1c1cccc(Cl)c1. The van der Waals surface area contributed by atoms with Crippen LogP contribution in [-0.2, 0) is 28.6 Å². The van der Waals surface area contributed by atoms with E-state index in [1.807, 2.05) is 19.9 Å². The van der Waals surface area contributed by atoms with Crippen molar-refractivity contribution in [2.45, 2.75) is 33.1 Å². The van der Waals surface area contributed by atoms with Gasteiger partial charge in [-0.15, -0.1) is 0 Å². The number of ether oxygens (including phenoxy) is 3. The molecule has 3 atom stereocenters. The van der Waals surface area contributed by atoms with E-state index in [4.69, 9.17) is 25.8 Å². The number of ketones is 1. The minimum Gasteiger partial charge on any atom is -0.468 e. The van der Waals surface area contributed by atoms with E-state index in [9.17, 15) is 14.4 Å². The molecule has 7 nitrogen and oxygen atoms in total. The van der Waals surface area contributed by atoms with Gasteiger partial charge in [0, 0.05) is 34.5 Å². The fourth-order valence-electron chi connectivity index (χ4n) is 4.39. The fourth-order valence-corrected chi connectivity index (χ4v) is 4.58. The number of hydrogen-bond acceptors (Lipinski definition) is 7. The zero-order valence-corrected chi connectivity index (χ0v) is 19.5. The number of esters is 2. The van der Waals surface area contributed by atoms with Crippen LogP contribution in [0.5, 0.6) is 0 Å². The maximum Gasteiger partial charge on any atom is 0.336 e. The second-order valence-corrected chi connectivity index (χ2v) is 8.36. The van der Waals surface area contributed by atoms with Gasteiger partial charge in [0.1, 0.15) is 12.5 Å². The van der Waals surface area contributed by atoms with Crippen molar-refractivity contribution in [2.24, 2.45) is 11.8 Å². The second kappa shape index (κ2) is 10.3. The van der Waals surface area contributed by atoms with Crippen LogP contribution in [0.15, 0.2) is 46.8 Å². The number of carbonyl (C=O) groups is 3. The summed E-state index contributed by atoms with van der Waals surface area (Å²) >= 11 is 6.24. The highest BCUT2D eigenvalue weighted by Crippen LogP contribution is 2.45. The van der Waals surface area contributed by atoms with Crippen LogP contribution in [0.25, 0.3) is 0 Å². The van der Waals surface area contributed by atoms with Crippen LogP contribution < -0.4 is 5.32 Å². The minimum absolute atomic E-state index is 0.0907. The van der Waals surface area contributed by atoms with Crippen LogP contribution >= 0.6 is 11.6 Å². The van der Waals surface area contributed by atoms with Gasteiger partial charge in [0.25, 0.3) is 0 Å². The van der Waals surface area contributed by atoms with E-state index >= 15 is 0 Å². The summed E-state index contributed by atoms with van der Waals surface area (Å²) in [7, 11) is 1.27. The molecule has 3 rings (SSSR count). The van der Waals surface area contributed by atoms with E-state index in [1.165, 1.54) is 7.11 Å². The lowest BCUT2D eigenvalue weighted by Crippen LogP contribution is -2.43. The fraction of sp³-hybridized carbons (Fsp3) is 0.458. The Hall–Kier alpha value is -2.64. The highest BCUT2D eigenvalue weighted by atomic mass is 35.5. The highest BCUT2D eigenvalue weighted by Gasteiger charge is 2.47. The lowest BCUT2D eigenvalue weighted by atomic mass is 9.69. The van der Waals surface area contributed by atoms with Crippen molar-refractivity contribution < 1.29 is 28.6 Å². The summed E-state index contributed by atoms with van der Waals surface area (Å²) in [5, 5.41) is 3.70. The zero-order valence-electron chi connectivity index (χ0n) is 18.7. The molecule has 1 heterocycles. The molecule has 172 valence electrons. The van der Waals surface area contributed by atoms with E-state index < -0.39 is 23.8 Å². The molecule has 32 heavy (non-hydrogen) atoms. The van der Waals surface area contributed by atoms with Gasteiger partial charge >= 0.3 is 11.9 Å². The smallest absolute Gasteiger partial charge is 0.336 e. The summed E-state index contributed by atoms with van der Waals surface area (Å²) in [4.78, 5) is 39.1. The maximum atomic E-state index is 13.6. The number of rotatable bonds is 7. The Morgan fingerprint density at radius 2 is 2.00 bits per heavy atom. The Labute approximate surface area is 192 Å². The molecule has 0 saturated heterocycles. The van der Waals surface area contributed by atoms with Gasteiger partial charge in [0.15, 0.2) is 5.78 Å². The Balaban J connectivity index is 2.07. The van der Waals surface area contributed by atoms with E-state index in [0.29, 0.717) is 46.2 Å². The van der Waals surface area contributed by atoms with Crippen molar-refractivity contribution in [3.05, 3.63) is 57.4 Å². The third-order valence-electron chi connectivity index (χ3n) is 5.81. The van der Waals surface area contributed by atoms with Gasteiger partial charge in [-0.05, 0) is 43.9 Å². The molecule has 0 fully saturated rings. The predicted molar refractivity (Wildman–Crippen MR) is 119 cm³/mol. The number of halogens is 1. The number of carbonyl (C=O) groups excluding carboxylic acids is 3. The van der Waals surface area contributed by atoms with E-state index in [2.05, 4.69) is 5.32 Å². The van der Waals surface area contributed by atoms with Gasteiger partial charge in [0.05, 0.1) is 19.3 Å². The average molecular weight is 462 g/mol. The molecule has 1 aromatic carbocycles. The first-order valence-electron chi connectivity index (χ1n) is 10.6. The van der Waals surface area contributed by atoms with Crippen LogP contribution in [-0.4, -0.2) is 44.7 Å². The topological polar surface area (TPSA) is 90.9 Å². The molecule has 2 aliphatic rings. The Morgan fingerprint density at radius 3 is 2.66 bits per heavy atom. The summed E-state index contributed by atoms with van der Waals surface area (Å²) in [6.45, 7) is 6.36. The summed E-state index contributed by atoms with van der Waals surface area (Å²) in [5.74, 6) is -3.37. The largest absolute Gasteiger partial charge is 0.468 e. The lowest BCUT2D eigenvalue weighted by molar-refractivity contribution is -0.151. The number of Topliss-reactive ketones (excluding diaryl/α,β-unsaturated/α-hetero) is 1. The van der Waals surface area contributed by atoms with E-state index in [1.54, 1.807) is 25.1 Å². The lowest BCUT2D eigenvalue weighted by Gasteiger charge is -2.38. The molecule has 1 aromatic rings. The molecule has 0 bridgehead atoms. The summed E-state index contributed by atoms with van der Waals surface area (Å²) in [6.07, 6.45) is 0.474. The molecule has 1 aliphatic carbocycles. The monoisotopic (exact) mass is 461 g/mol. The molecule has 0 amide bonds. The quantitative estimate of drug-likeness (QED) is 0.377. The van der Waals surface area contributed by atoms with Gasteiger partial charge in [-0.2, -0.15) is 0 Å². The van der Waals surface area contributed by atoms with Crippen molar-refractivity contribution in [3.8, 4) is 0 Å². The van der Waals surface area contributed by atoms with Crippen LogP contribution in [0.2, 0.25) is 5.02 Å². The summed E-state index contributed by atoms with van der Waals surface area (Å²) in [6, 6.07) is 7.02. The molecule has 1 aliphatic heterocycles. The zero-order chi connectivity index (χ0) is 23.4. The molecule has 0 spiro atoms.